The first kappa shape index (κ1) is 26.1. The van der Waals surface area contributed by atoms with Crippen molar-refractivity contribution in [3.8, 4) is 0 Å². The van der Waals surface area contributed by atoms with Gasteiger partial charge in [-0.1, -0.05) is 121 Å². The van der Waals surface area contributed by atoms with E-state index < -0.39 is 6.17 Å². The molecule has 7 aromatic carbocycles. The third-order valence-electron chi connectivity index (χ3n) is 9.48. The minimum Gasteiger partial charge on any atom is -0.440 e. The van der Waals surface area contributed by atoms with Crippen molar-refractivity contribution in [3.63, 3.8) is 0 Å². The van der Waals surface area contributed by atoms with Gasteiger partial charge in [0.15, 0.2) is 6.17 Å². The molecular formula is C42H28N4O. The Morgan fingerprint density at radius 1 is 0.596 bits per heavy atom. The van der Waals surface area contributed by atoms with Crippen LogP contribution in [-0.2, 0) is 0 Å². The van der Waals surface area contributed by atoms with Crippen molar-refractivity contribution < 1.29 is 4.42 Å². The van der Waals surface area contributed by atoms with Crippen LogP contribution < -0.4 is 10.6 Å². The van der Waals surface area contributed by atoms with Gasteiger partial charge in [0.05, 0.1) is 0 Å². The van der Waals surface area contributed by atoms with E-state index in [-0.39, 0.29) is 0 Å². The highest BCUT2D eigenvalue weighted by atomic mass is 16.3. The fourth-order valence-corrected chi connectivity index (χ4v) is 7.21. The van der Waals surface area contributed by atoms with Crippen molar-refractivity contribution in [1.29, 1.82) is 0 Å². The third kappa shape index (κ3) is 4.17. The van der Waals surface area contributed by atoms with E-state index in [4.69, 9.17) is 14.4 Å². The summed E-state index contributed by atoms with van der Waals surface area (Å²) in [6.07, 6.45) is 3.83. The SMILES string of the molecule is C1=Cc2c(oc3cccc(C4=NC(c5ccc6ccccc6c5)N=C(c5ccc6ccc7ccc8ccccc8c7c6c5)N4)c23)NC1. The van der Waals surface area contributed by atoms with E-state index in [1.54, 1.807) is 0 Å². The van der Waals surface area contributed by atoms with Crippen molar-refractivity contribution in [3.05, 3.63) is 156 Å². The maximum absolute atomic E-state index is 6.24. The standard InChI is InChI=1S/C42H28N4O/c1-2-9-29-23-30(20-14-25(29)7-1)39-44-40(46-41(45-39)33-11-5-13-36-38(33)34-12-6-22-43-42(34)47-36)31-21-17-27-16-19-28-18-15-26-8-3-4-10-32(26)37(28)35(27)24-31/h1-21,23-24,39,43H,22H2,(H,44,45,46). The van der Waals surface area contributed by atoms with Crippen LogP contribution in [0.4, 0.5) is 5.88 Å². The minimum absolute atomic E-state index is 0.429. The quantitative estimate of drug-likeness (QED) is 0.197. The minimum atomic E-state index is -0.429. The first-order valence-corrected chi connectivity index (χ1v) is 16.0. The summed E-state index contributed by atoms with van der Waals surface area (Å²) in [7, 11) is 0. The van der Waals surface area contributed by atoms with Crippen molar-refractivity contribution in [2.45, 2.75) is 6.17 Å². The molecule has 47 heavy (non-hydrogen) atoms. The number of nitrogens with one attached hydrogen (secondary N) is 2. The first-order valence-electron chi connectivity index (χ1n) is 16.0. The molecule has 1 unspecified atom stereocenters. The predicted molar refractivity (Wildman–Crippen MR) is 196 cm³/mol. The van der Waals surface area contributed by atoms with Crippen molar-refractivity contribution >= 4 is 77.7 Å². The number of aliphatic imine (C=N–C) groups is 2. The first-order chi connectivity index (χ1) is 23.3. The van der Waals surface area contributed by atoms with Crippen LogP contribution in [0.1, 0.15) is 28.4 Å². The average molecular weight is 605 g/mol. The summed E-state index contributed by atoms with van der Waals surface area (Å²) in [5, 5.41) is 17.8. The summed E-state index contributed by atoms with van der Waals surface area (Å²) in [5.41, 5.74) is 4.91. The Morgan fingerprint density at radius 2 is 1.34 bits per heavy atom. The molecule has 2 aliphatic rings. The topological polar surface area (TPSA) is 61.9 Å². The number of furan rings is 1. The molecule has 3 heterocycles. The molecule has 0 fully saturated rings. The predicted octanol–water partition coefficient (Wildman–Crippen LogP) is 9.98. The average Bonchev–Trinajstić information content (AvgIpc) is 3.53. The summed E-state index contributed by atoms with van der Waals surface area (Å²) in [6, 6.07) is 45.2. The van der Waals surface area contributed by atoms with Crippen LogP contribution in [-0.4, -0.2) is 18.2 Å². The molecule has 5 nitrogen and oxygen atoms in total. The number of rotatable bonds is 3. The van der Waals surface area contributed by atoms with Gasteiger partial charge in [0, 0.05) is 28.6 Å². The van der Waals surface area contributed by atoms with E-state index in [0.29, 0.717) is 0 Å². The Hall–Kier alpha value is -6.20. The van der Waals surface area contributed by atoms with Gasteiger partial charge in [0.2, 0.25) is 5.88 Å². The highest BCUT2D eigenvalue weighted by molar-refractivity contribution is 6.24. The Balaban J connectivity index is 1.18. The van der Waals surface area contributed by atoms with Crippen LogP contribution in [0.5, 0.6) is 0 Å². The molecule has 0 amide bonds. The van der Waals surface area contributed by atoms with E-state index in [1.165, 1.54) is 43.1 Å². The fourth-order valence-electron chi connectivity index (χ4n) is 7.21. The zero-order valence-electron chi connectivity index (χ0n) is 25.4. The summed E-state index contributed by atoms with van der Waals surface area (Å²) in [4.78, 5) is 10.5. The fraction of sp³-hybridized carbons (Fsp3) is 0.0476. The summed E-state index contributed by atoms with van der Waals surface area (Å²) in [5.74, 6) is 2.35. The van der Waals surface area contributed by atoms with Crippen LogP contribution in [0.25, 0.3) is 60.1 Å². The lowest BCUT2D eigenvalue weighted by molar-refractivity contribution is 0.628. The van der Waals surface area contributed by atoms with Crippen molar-refractivity contribution in [2.24, 2.45) is 9.98 Å². The monoisotopic (exact) mass is 604 g/mol. The Labute approximate surface area is 270 Å². The van der Waals surface area contributed by atoms with Crippen LogP contribution >= 0.6 is 0 Å². The van der Waals surface area contributed by atoms with E-state index in [1.807, 2.05) is 12.1 Å². The van der Waals surface area contributed by atoms with Gasteiger partial charge in [-0.2, -0.15) is 0 Å². The molecule has 0 radical (unpaired) electrons. The second kappa shape index (κ2) is 10.2. The lowest BCUT2D eigenvalue weighted by Crippen LogP contribution is -2.36. The number of benzene rings is 7. The summed E-state index contributed by atoms with van der Waals surface area (Å²) in [6.45, 7) is 0.744. The number of fused-ring (bicyclic) bond motifs is 9. The number of anilines is 1. The molecule has 0 saturated carbocycles. The van der Waals surface area contributed by atoms with Gasteiger partial charge >= 0.3 is 0 Å². The zero-order chi connectivity index (χ0) is 30.9. The highest BCUT2D eigenvalue weighted by Crippen LogP contribution is 2.37. The van der Waals surface area contributed by atoms with Gasteiger partial charge in [0.1, 0.15) is 17.3 Å². The zero-order valence-corrected chi connectivity index (χ0v) is 25.4. The highest BCUT2D eigenvalue weighted by Gasteiger charge is 2.25. The molecule has 0 aliphatic carbocycles. The second-order valence-corrected chi connectivity index (χ2v) is 12.3. The van der Waals surface area contributed by atoms with Crippen LogP contribution in [0.15, 0.2) is 148 Å². The lowest BCUT2D eigenvalue weighted by Gasteiger charge is -2.23. The van der Waals surface area contributed by atoms with Crippen molar-refractivity contribution in [1.82, 2.24) is 5.32 Å². The molecule has 1 atom stereocenters. The molecule has 5 heteroatoms. The largest absolute Gasteiger partial charge is 0.440 e. The van der Waals surface area contributed by atoms with E-state index in [2.05, 4.69) is 138 Å². The van der Waals surface area contributed by atoms with Crippen LogP contribution in [0.3, 0.4) is 0 Å². The number of amidine groups is 2. The number of hydrogen-bond donors (Lipinski definition) is 2. The summed E-state index contributed by atoms with van der Waals surface area (Å²) >= 11 is 0. The van der Waals surface area contributed by atoms with Gasteiger partial charge in [0.25, 0.3) is 0 Å². The maximum atomic E-state index is 6.24. The normalized spacial score (nSPS) is 15.9. The maximum Gasteiger partial charge on any atom is 0.201 e. The molecular weight excluding hydrogens is 576 g/mol. The van der Waals surface area contributed by atoms with Gasteiger partial charge in [-0.3, -0.25) is 0 Å². The summed E-state index contributed by atoms with van der Waals surface area (Å²) < 4.78 is 6.24. The smallest absolute Gasteiger partial charge is 0.201 e. The molecule has 2 N–H and O–H groups in total. The van der Waals surface area contributed by atoms with Gasteiger partial charge in [-0.15, -0.1) is 0 Å². The molecule has 222 valence electrons. The van der Waals surface area contributed by atoms with Crippen LogP contribution in [0.2, 0.25) is 0 Å². The molecule has 2 aliphatic heterocycles. The van der Waals surface area contributed by atoms with Crippen molar-refractivity contribution in [2.75, 3.05) is 11.9 Å². The lowest BCUT2D eigenvalue weighted by atomic mass is 9.95. The Bertz CT molecular complexity index is 2670. The second-order valence-electron chi connectivity index (χ2n) is 12.3. The Kier molecular flexibility index (Phi) is 5.63. The van der Waals surface area contributed by atoms with E-state index >= 15 is 0 Å². The van der Waals surface area contributed by atoms with E-state index in [9.17, 15) is 0 Å². The molecule has 0 bridgehead atoms. The van der Waals surface area contributed by atoms with Gasteiger partial charge in [-0.05, 0) is 66.9 Å². The third-order valence-corrected chi connectivity index (χ3v) is 9.48. The molecule has 10 rings (SSSR count). The van der Waals surface area contributed by atoms with Crippen LogP contribution in [0, 0.1) is 0 Å². The van der Waals surface area contributed by atoms with E-state index in [0.717, 1.165) is 57.3 Å². The molecule has 1 aromatic heterocycles. The Morgan fingerprint density at radius 3 is 2.26 bits per heavy atom. The molecule has 0 saturated heterocycles. The number of hydrogen-bond acceptors (Lipinski definition) is 5. The van der Waals surface area contributed by atoms with Gasteiger partial charge < -0.3 is 15.1 Å². The van der Waals surface area contributed by atoms with Gasteiger partial charge in [-0.25, -0.2) is 9.98 Å². The number of nitrogens with zero attached hydrogens (tertiary/aromatic N) is 2. The molecule has 0 spiro atoms. The molecule has 8 aromatic rings.